The Morgan fingerprint density at radius 1 is 1.04 bits per heavy atom. The van der Waals surface area contributed by atoms with Gasteiger partial charge in [-0.25, -0.2) is 12.8 Å². The molecule has 0 unspecified atom stereocenters. The highest BCUT2D eigenvalue weighted by molar-refractivity contribution is 7.89. The van der Waals surface area contributed by atoms with Gasteiger partial charge >= 0.3 is 0 Å². The lowest BCUT2D eigenvalue weighted by Crippen LogP contribution is -2.49. The Balaban J connectivity index is 1.80. The fraction of sp³-hybridized carbons (Fsp3) is 0.235. The van der Waals surface area contributed by atoms with E-state index in [1.54, 1.807) is 24.3 Å². The van der Waals surface area contributed by atoms with Crippen LogP contribution >= 0.6 is 11.6 Å². The second-order valence-electron chi connectivity index (χ2n) is 5.57. The van der Waals surface area contributed by atoms with Gasteiger partial charge in [-0.3, -0.25) is 0 Å². The molecule has 0 radical (unpaired) electrons. The Morgan fingerprint density at radius 2 is 1.72 bits per heavy atom. The summed E-state index contributed by atoms with van der Waals surface area (Å²) in [6.07, 6.45) is 0. The number of hydrogen-bond acceptors (Lipinski definition) is 4. The van der Waals surface area contributed by atoms with Crippen LogP contribution < -0.4 is 4.90 Å². The maximum atomic E-state index is 13.8. The third kappa shape index (κ3) is 3.33. The minimum absolute atomic E-state index is 0.0232. The summed E-state index contributed by atoms with van der Waals surface area (Å²) < 4.78 is 40.6. The van der Waals surface area contributed by atoms with Gasteiger partial charge in [-0.2, -0.15) is 9.57 Å². The third-order valence-electron chi connectivity index (χ3n) is 4.14. The number of nitrogens with zero attached hydrogens (tertiary/aromatic N) is 3. The van der Waals surface area contributed by atoms with Crippen molar-refractivity contribution in [1.29, 1.82) is 5.26 Å². The predicted octanol–water partition coefficient (Wildman–Crippen LogP) is 2.86. The Hall–Kier alpha value is -2.14. The van der Waals surface area contributed by atoms with Gasteiger partial charge in [0.2, 0.25) is 10.0 Å². The summed E-state index contributed by atoms with van der Waals surface area (Å²) >= 11 is 6.02. The summed E-state index contributed by atoms with van der Waals surface area (Å²) in [4.78, 5) is 1.90. The van der Waals surface area contributed by atoms with Gasteiger partial charge in [-0.1, -0.05) is 29.8 Å². The monoisotopic (exact) mass is 379 g/mol. The van der Waals surface area contributed by atoms with Crippen molar-refractivity contribution in [2.75, 3.05) is 31.1 Å². The molecule has 1 fully saturated rings. The van der Waals surface area contributed by atoms with Crippen LogP contribution in [-0.2, 0) is 10.0 Å². The maximum absolute atomic E-state index is 13.8. The van der Waals surface area contributed by atoms with E-state index in [4.69, 9.17) is 16.9 Å². The van der Waals surface area contributed by atoms with E-state index in [-0.39, 0.29) is 28.6 Å². The van der Waals surface area contributed by atoms with Crippen LogP contribution in [0.1, 0.15) is 5.56 Å². The summed E-state index contributed by atoms with van der Waals surface area (Å²) in [6, 6.07) is 12.6. The quantitative estimate of drug-likeness (QED) is 0.822. The van der Waals surface area contributed by atoms with E-state index in [0.29, 0.717) is 18.8 Å². The lowest BCUT2D eigenvalue weighted by atomic mass is 10.1. The summed E-state index contributed by atoms with van der Waals surface area (Å²) in [5.41, 5.74) is 0.460. The van der Waals surface area contributed by atoms with Crippen LogP contribution in [0.4, 0.5) is 10.1 Å². The fourth-order valence-electron chi connectivity index (χ4n) is 2.85. The van der Waals surface area contributed by atoms with Crippen molar-refractivity contribution in [1.82, 2.24) is 4.31 Å². The molecule has 5 nitrogen and oxygen atoms in total. The van der Waals surface area contributed by atoms with Crippen molar-refractivity contribution in [3.8, 4) is 6.07 Å². The summed E-state index contributed by atoms with van der Waals surface area (Å²) in [5.74, 6) is -0.578. The van der Waals surface area contributed by atoms with Gasteiger partial charge < -0.3 is 4.90 Å². The average molecular weight is 380 g/mol. The molecule has 1 aliphatic heterocycles. The number of halogens is 2. The highest BCUT2D eigenvalue weighted by atomic mass is 35.5. The van der Waals surface area contributed by atoms with E-state index in [2.05, 4.69) is 0 Å². The van der Waals surface area contributed by atoms with Crippen molar-refractivity contribution >= 4 is 27.3 Å². The van der Waals surface area contributed by atoms with Crippen LogP contribution in [0.5, 0.6) is 0 Å². The number of rotatable bonds is 3. The first-order valence-electron chi connectivity index (χ1n) is 7.63. The largest absolute Gasteiger partial charge is 0.368 e. The normalized spacial score (nSPS) is 15.8. The van der Waals surface area contributed by atoms with Gasteiger partial charge in [0.25, 0.3) is 0 Å². The van der Waals surface area contributed by atoms with Gasteiger partial charge in [-0.15, -0.1) is 0 Å². The van der Waals surface area contributed by atoms with Crippen molar-refractivity contribution in [2.45, 2.75) is 4.90 Å². The Bertz CT molecular complexity index is 935. The molecule has 130 valence electrons. The highest BCUT2D eigenvalue weighted by Gasteiger charge is 2.30. The average Bonchev–Trinajstić information content (AvgIpc) is 2.62. The molecule has 2 aromatic carbocycles. The molecular weight excluding hydrogens is 365 g/mol. The molecule has 0 saturated carbocycles. The number of benzene rings is 2. The van der Waals surface area contributed by atoms with Crippen LogP contribution in [0.3, 0.4) is 0 Å². The number of nitriles is 1. The lowest BCUT2D eigenvalue weighted by Gasteiger charge is -2.35. The van der Waals surface area contributed by atoms with Crippen molar-refractivity contribution in [3.05, 3.63) is 58.9 Å². The number of anilines is 1. The van der Waals surface area contributed by atoms with Crippen LogP contribution in [0.15, 0.2) is 47.4 Å². The molecule has 25 heavy (non-hydrogen) atoms. The van der Waals surface area contributed by atoms with Crippen molar-refractivity contribution in [2.24, 2.45) is 0 Å². The van der Waals surface area contributed by atoms with E-state index in [1.807, 2.05) is 11.0 Å². The number of piperazine rings is 1. The third-order valence-corrected chi connectivity index (χ3v) is 6.54. The standard InChI is InChI=1S/C17H15ClFN3O2S/c18-14-4-1-2-7-17(14)25(23,24)22-10-8-21(9-11-22)16-6-3-5-15(19)13(16)12-20/h1-7H,8-11H2. The zero-order valence-electron chi connectivity index (χ0n) is 13.2. The second-order valence-corrected chi connectivity index (χ2v) is 7.88. The molecule has 2 aromatic rings. The second kappa shape index (κ2) is 7.00. The summed E-state index contributed by atoms with van der Waals surface area (Å²) in [7, 11) is -3.69. The SMILES string of the molecule is N#Cc1c(F)cccc1N1CCN(S(=O)(=O)c2ccccc2Cl)CC1. The molecular formula is C17H15ClFN3O2S. The summed E-state index contributed by atoms with van der Waals surface area (Å²) in [6.45, 7) is 1.19. The van der Waals surface area contributed by atoms with Crippen molar-refractivity contribution in [3.63, 3.8) is 0 Å². The molecule has 3 rings (SSSR count). The topological polar surface area (TPSA) is 64.4 Å². The van der Waals surface area contributed by atoms with E-state index in [9.17, 15) is 12.8 Å². The molecule has 0 N–H and O–H groups in total. The molecule has 0 amide bonds. The van der Waals surface area contributed by atoms with Crippen LogP contribution in [0.25, 0.3) is 0 Å². The van der Waals surface area contributed by atoms with Crippen LogP contribution in [0, 0.1) is 17.1 Å². The Morgan fingerprint density at radius 3 is 2.36 bits per heavy atom. The Labute approximate surface area is 150 Å². The number of hydrogen-bond donors (Lipinski definition) is 0. The smallest absolute Gasteiger partial charge is 0.244 e. The van der Waals surface area contributed by atoms with E-state index in [1.165, 1.54) is 22.5 Å². The Kier molecular flexibility index (Phi) is 4.95. The minimum Gasteiger partial charge on any atom is -0.368 e. The zero-order valence-corrected chi connectivity index (χ0v) is 14.8. The molecule has 0 aliphatic carbocycles. The summed E-state index contributed by atoms with van der Waals surface area (Å²) in [5, 5.41) is 9.33. The molecule has 0 atom stereocenters. The van der Waals surface area contributed by atoms with Gasteiger partial charge in [0.1, 0.15) is 22.3 Å². The molecule has 0 aromatic heterocycles. The first-order chi connectivity index (χ1) is 11.9. The van der Waals surface area contributed by atoms with E-state index < -0.39 is 15.8 Å². The molecule has 1 aliphatic rings. The van der Waals surface area contributed by atoms with Gasteiger partial charge in [0.15, 0.2) is 0 Å². The molecule has 8 heteroatoms. The first kappa shape index (κ1) is 17.7. The van der Waals surface area contributed by atoms with Crippen molar-refractivity contribution < 1.29 is 12.8 Å². The lowest BCUT2D eigenvalue weighted by molar-refractivity contribution is 0.384. The maximum Gasteiger partial charge on any atom is 0.244 e. The highest BCUT2D eigenvalue weighted by Crippen LogP contribution is 2.27. The number of sulfonamides is 1. The van der Waals surface area contributed by atoms with E-state index >= 15 is 0 Å². The van der Waals surface area contributed by atoms with Crippen LogP contribution in [0.2, 0.25) is 5.02 Å². The molecule has 0 bridgehead atoms. The zero-order chi connectivity index (χ0) is 18.0. The first-order valence-corrected chi connectivity index (χ1v) is 9.45. The fourth-order valence-corrected chi connectivity index (χ4v) is 4.76. The predicted molar refractivity (Wildman–Crippen MR) is 93.5 cm³/mol. The molecule has 0 spiro atoms. The van der Waals surface area contributed by atoms with Gasteiger partial charge in [-0.05, 0) is 24.3 Å². The van der Waals surface area contributed by atoms with Gasteiger partial charge in [0.05, 0.1) is 10.7 Å². The molecule has 1 saturated heterocycles. The van der Waals surface area contributed by atoms with Crippen LogP contribution in [-0.4, -0.2) is 38.9 Å². The minimum atomic E-state index is -3.69. The molecule has 1 heterocycles. The van der Waals surface area contributed by atoms with Gasteiger partial charge in [0, 0.05) is 26.2 Å². The van der Waals surface area contributed by atoms with E-state index in [0.717, 1.165) is 0 Å².